The summed E-state index contributed by atoms with van der Waals surface area (Å²) < 4.78 is 22.0. The quantitative estimate of drug-likeness (QED) is 0.153. The largest absolute Gasteiger partial charge is 0.468 e. The van der Waals surface area contributed by atoms with Gasteiger partial charge >= 0.3 is 11.9 Å². The Balaban J connectivity index is 1.64. The first-order chi connectivity index (χ1) is 19.8. The first kappa shape index (κ1) is 33.1. The van der Waals surface area contributed by atoms with Crippen molar-refractivity contribution >= 4 is 52.6 Å². The molecule has 0 saturated carbocycles. The molecule has 2 aromatic rings. The van der Waals surface area contributed by atoms with E-state index < -0.39 is 23.8 Å². The molecule has 2 aromatic carbocycles. The number of thioether (sulfide) groups is 1. The second-order valence-corrected chi connectivity index (χ2v) is 10.8. The fraction of sp³-hybridized carbons (Fsp3) is 0.433. The molecule has 8 nitrogen and oxygen atoms in total. The Hall–Kier alpha value is -2.40. The molecule has 2 unspecified atom stereocenters. The van der Waals surface area contributed by atoms with Gasteiger partial charge in [0.1, 0.15) is 5.92 Å². The fourth-order valence-corrected chi connectivity index (χ4v) is 5.37. The van der Waals surface area contributed by atoms with Gasteiger partial charge in [-0.15, -0.1) is 11.8 Å². The number of hydrogen-bond acceptors (Lipinski definition) is 9. The summed E-state index contributed by atoms with van der Waals surface area (Å²) in [7, 11) is 1.29. The van der Waals surface area contributed by atoms with E-state index in [1.54, 1.807) is 43.8 Å². The number of halogens is 2. The fourth-order valence-electron chi connectivity index (χ4n) is 4.53. The molecule has 1 heterocycles. The summed E-state index contributed by atoms with van der Waals surface area (Å²) >= 11 is 14.6. The lowest BCUT2D eigenvalue weighted by atomic mass is 9.75. The zero-order valence-corrected chi connectivity index (χ0v) is 26.0. The molecule has 2 atom stereocenters. The lowest BCUT2D eigenvalue weighted by molar-refractivity contribution is -0.144. The normalized spacial score (nSPS) is 16.9. The maximum atomic E-state index is 13.3. The summed E-state index contributed by atoms with van der Waals surface area (Å²) in [6.45, 7) is 6.21. The minimum Gasteiger partial charge on any atom is -0.468 e. The summed E-state index contributed by atoms with van der Waals surface area (Å²) in [6, 6.07) is 13.5. The number of hydrogen-bond donors (Lipinski definition) is 1. The highest BCUT2D eigenvalue weighted by molar-refractivity contribution is 7.98. The van der Waals surface area contributed by atoms with Crippen LogP contribution in [0, 0.1) is 5.92 Å². The Morgan fingerprint density at radius 1 is 1.05 bits per heavy atom. The van der Waals surface area contributed by atoms with Crippen molar-refractivity contribution in [3.63, 3.8) is 0 Å². The Morgan fingerprint density at radius 2 is 1.78 bits per heavy atom. The number of ether oxygens (including phenoxy) is 4. The predicted octanol–water partition coefficient (Wildman–Crippen LogP) is 5.70. The molecule has 0 fully saturated rings. The van der Waals surface area contributed by atoms with Gasteiger partial charge in [0.15, 0.2) is 0 Å². The van der Waals surface area contributed by atoms with Gasteiger partial charge in [0.05, 0.1) is 61.5 Å². The van der Waals surface area contributed by atoms with Gasteiger partial charge in [0, 0.05) is 29.6 Å². The van der Waals surface area contributed by atoms with Crippen molar-refractivity contribution in [2.75, 3.05) is 52.9 Å². The lowest BCUT2D eigenvalue weighted by Gasteiger charge is -2.32. The van der Waals surface area contributed by atoms with Crippen LogP contribution in [0.4, 0.5) is 0 Å². The van der Waals surface area contributed by atoms with Crippen molar-refractivity contribution in [3.05, 3.63) is 74.9 Å². The van der Waals surface area contributed by atoms with E-state index in [0.29, 0.717) is 41.8 Å². The number of rotatable bonds is 15. The molecule has 1 aliphatic rings. The Morgan fingerprint density at radius 3 is 2.46 bits per heavy atom. The molecule has 1 N–H and O–H groups in total. The van der Waals surface area contributed by atoms with Crippen LogP contribution in [0.5, 0.6) is 0 Å². The molecule has 0 aliphatic carbocycles. The van der Waals surface area contributed by atoms with Crippen LogP contribution >= 0.6 is 35.0 Å². The Labute approximate surface area is 255 Å². The summed E-state index contributed by atoms with van der Waals surface area (Å²) in [5, 5.41) is 3.90. The average Bonchev–Trinajstić information content (AvgIpc) is 2.97. The third kappa shape index (κ3) is 9.04. The summed E-state index contributed by atoms with van der Waals surface area (Å²) in [4.78, 5) is 32.0. The monoisotopic (exact) mass is 622 g/mol. The number of methoxy groups -OCH3 is 1. The first-order valence-electron chi connectivity index (χ1n) is 13.3. The molecule has 1 aliphatic heterocycles. The molecular formula is C30H36Cl2N2O6S. The van der Waals surface area contributed by atoms with Gasteiger partial charge in [-0.25, -0.2) is 4.79 Å². The maximum Gasteiger partial charge on any atom is 0.336 e. The number of aliphatic imine (C=N–C) groups is 1. The van der Waals surface area contributed by atoms with Gasteiger partial charge in [-0.05, 0) is 49.4 Å². The van der Waals surface area contributed by atoms with Crippen LogP contribution in [0.2, 0.25) is 10.0 Å². The minimum atomic E-state index is -0.890. The first-order valence-corrected chi connectivity index (χ1v) is 15.3. The van der Waals surface area contributed by atoms with E-state index >= 15 is 0 Å². The van der Waals surface area contributed by atoms with E-state index in [4.69, 9.17) is 42.1 Å². The van der Waals surface area contributed by atoms with E-state index in [1.165, 1.54) is 17.6 Å². The van der Waals surface area contributed by atoms with Crippen molar-refractivity contribution in [1.82, 2.24) is 5.32 Å². The van der Waals surface area contributed by atoms with E-state index in [2.05, 4.69) is 40.8 Å². The van der Waals surface area contributed by atoms with Gasteiger partial charge in [-0.2, -0.15) is 0 Å². The third-order valence-corrected chi connectivity index (χ3v) is 8.08. The van der Waals surface area contributed by atoms with Gasteiger partial charge in [-0.3, -0.25) is 9.79 Å². The van der Waals surface area contributed by atoms with E-state index in [0.717, 1.165) is 6.54 Å². The number of carbonyl (C=O) groups excluding carboxylic acids is 2. The molecule has 0 spiro atoms. The molecule has 0 bridgehead atoms. The lowest BCUT2D eigenvalue weighted by Crippen LogP contribution is -2.37. The van der Waals surface area contributed by atoms with Crippen LogP contribution < -0.4 is 5.32 Å². The number of esters is 2. The standard InChI is InChI=1S/C30H36Cl2N2O6S/c1-5-40-30(36)27-24(18-39-16-15-38-14-13-33-17-20-9-11-21(41-4)12-10-20)34-19(2)25(29(35)37-3)26(27)22-7-6-8-23(31)28(22)32/h6-12,25-26,33H,5,13-18H2,1-4H3. The van der Waals surface area contributed by atoms with Gasteiger partial charge in [-0.1, -0.05) is 47.5 Å². The molecule has 0 saturated heterocycles. The third-order valence-electron chi connectivity index (χ3n) is 6.51. The van der Waals surface area contributed by atoms with Crippen LogP contribution in [-0.2, 0) is 35.1 Å². The van der Waals surface area contributed by atoms with Crippen LogP contribution in [0.15, 0.2) is 63.6 Å². The van der Waals surface area contributed by atoms with Crippen LogP contribution in [0.1, 0.15) is 30.9 Å². The van der Waals surface area contributed by atoms with E-state index in [1.807, 2.05) is 0 Å². The zero-order chi connectivity index (χ0) is 29.8. The topological polar surface area (TPSA) is 95.5 Å². The SMILES string of the molecule is CCOC(=O)C1=C(COCCOCCNCc2ccc(SC)cc2)N=C(C)C(C(=O)OC)C1c1cccc(Cl)c1Cl. The van der Waals surface area contributed by atoms with Gasteiger partial charge < -0.3 is 24.3 Å². The van der Waals surface area contributed by atoms with Crippen LogP contribution in [-0.4, -0.2) is 70.6 Å². The molecule has 41 heavy (non-hydrogen) atoms. The van der Waals surface area contributed by atoms with Crippen LogP contribution in [0.3, 0.4) is 0 Å². The van der Waals surface area contributed by atoms with E-state index in [-0.39, 0.29) is 30.4 Å². The number of carbonyl (C=O) groups is 2. The Kier molecular flexibility index (Phi) is 13.6. The highest BCUT2D eigenvalue weighted by atomic mass is 35.5. The Bertz CT molecular complexity index is 1250. The minimum absolute atomic E-state index is 0.0156. The highest BCUT2D eigenvalue weighted by Crippen LogP contribution is 2.44. The highest BCUT2D eigenvalue weighted by Gasteiger charge is 2.44. The maximum absolute atomic E-state index is 13.3. The zero-order valence-electron chi connectivity index (χ0n) is 23.7. The molecule has 0 amide bonds. The van der Waals surface area contributed by atoms with Crippen molar-refractivity contribution in [2.24, 2.45) is 10.9 Å². The summed E-state index contributed by atoms with van der Waals surface area (Å²) in [5.74, 6) is -2.86. The van der Waals surface area contributed by atoms with Crippen LogP contribution in [0.25, 0.3) is 0 Å². The average molecular weight is 624 g/mol. The van der Waals surface area contributed by atoms with E-state index in [9.17, 15) is 9.59 Å². The summed E-state index contributed by atoms with van der Waals surface area (Å²) in [6.07, 6.45) is 2.06. The number of nitrogens with one attached hydrogen (secondary N) is 1. The molecular weight excluding hydrogens is 587 g/mol. The smallest absolute Gasteiger partial charge is 0.336 e. The molecule has 0 radical (unpaired) electrons. The molecule has 0 aromatic heterocycles. The van der Waals surface area contributed by atoms with Gasteiger partial charge in [0.25, 0.3) is 0 Å². The van der Waals surface area contributed by atoms with Crippen molar-refractivity contribution in [1.29, 1.82) is 0 Å². The molecule has 222 valence electrons. The van der Waals surface area contributed by atoms with Crippen molar-refractivity contribution in [2.45, 2.75) is 31.2 Å². The second-order valence-electron chi connectivity index (χ2n) is 9.15. The molecule has 3 rings (SSSR count). The van der Waals surface area contributed by atoms with Crippen molar-refractivity contribution < 1.29 is 28.5 Å². The van der Waals surface area contributed by atoms with Gasteiger partial charge in [0.2, 0.25) is 0 Å². The molecule has 11 heteroatoms. The second kappa shape index (κ2) is 16.9. The number of nitrogens with zero attached hydrogens (tertiary/aromatic N) is 1. The predicted molar refractivity (Wildman–Crippen MR) is 163 cm³/mol. The summed E-state index contributed by atoms with van der Waals surface area (Å²) in [5.41, 5.74) is 2.73. The van der Waals surface area contributed by atoms with Crippen molar-refractivity contribution in [3.8, 4) is 0 Å². The number of benzene rings is 2.